The van der Waals surface area contributed by atoms with Gasteiger partial charge in [0.2, 0.25) is 0 Å². The van der Waals surface area contributed by atoms with Crippen molar-refractivity contribution < 1.29 is 18.7 Å². The largest absolute Gasteiger partial charge is 0.457 e. The number of aromatic amines is 1. The summed E-state index contributed by atoms with van der Waals surface area (Å²) in [4.78, 5) is 38.6. The zero-order valence-corrected chi connectivity index (χ0v) is 19.4. The van der Waals surface area contributed by atoms with Gasteiger partial charge in [-0.1, -0.05) is 24.1 Å². The van der Waals surface area contributed by atoms with Gasteiger partial charge >= 0.3 is 0 Å². The molecule has 9 heteroatoms. The minimum Gasteiger partial charge on any atom is -0.457 e. The lowest BCUT2D eigenvalue weighted by Gasteiger charge is -2.16. The average molecular weight is 484 g/mol. The van der Waals surface area contributed by atoms with Crippen molar-refractivity contribution in [3.05, 3.63) is 78.0 Å². The minimum atomic E-state index is -0.698. The standard InChI is InChI=1S/C27H22FN5O3/c1-2-6-23(34)33-12-11-17(15-33)32-27-24-21(14-29-26(24)30-16-31-27)25(35)20-10-9-19(13-22(20)28)36-18-7-4-3-5-8-18/h3-5,7-10,13-14,16-17H,11-12,15H2,1H3,(H2,29,30,31,32). The van der Waals surface area contributed by atoms with E-state index in [0.717, 1.165) is 0 Å². The number of anilines is 1. The van der Waals surface area contributed by atoms with Crippen molar-refractivity contribution in [2.24, 2.45) is 0 Å². The monoisotopic (exact) mass is 483 g/mol. The number of carbonyl (C=O) groups is 2. The fraction of sp³-hybridized carbons (Fsp3) is 0.185. The summed E-state index contributed by atoms with van der Waals surface area (Å²) in [5, 5.41) is 3.78. The molecule has 8 nitrogen and oxygen atoms in total. The highest BCUT2D eigenvalue weighted by Crippen LogP contribution is 2.29. The number of hydrogen-bond acceptors (Lipinski definition) is 6. The van der Waals surface area contributed by atoms with Crippen molar-refractivity contribution in [2.45, 2.75) is 19.4 Å². The van der Waals surface area contributed by atoms with Crippen molar-refractivity contribution in [3.63, 3.8) is 0 Å². The second kappa shape index (κ2) is 9.88. The number of rotatable bonds is 6. The lowest BCUT2D eigenvalue weighted by molar-refractivity contribution is -0.124. The first-order chi connectivity index (χ1) is 17.5. The predicted molar refractivity (Wildman–Crippen MR) is 132 cm³/mol. The molecule has 5 rings (SSSR count). The number of aromatic nitrogens is 3. The third-order valence-electron chi connectivity index (χ3n) is 5.93. The molecule has 0 aliphatic carbocycles. The molecule has 1 aliphatic rings. The number of hydrogen-bond donors (Lipinski definition) is 2. The number of nitrogens with zero attached hydrogens (tertiary/aromatic N) is 3. The Morgan fingerprint density at radius 1 is 1.14 bits per heavy atom. The van der Waals surface area contributed by atoms with Crippen LogP contribution in [0.2, 0.25) is 0 Å². The Hall–Kier alpha value is -4.71. The number of ketones is 1. The quantitative estimate of drug-likeness (QED) is 0.316. The van der Waals surface area contributed by atoms with Gasteiger partial charge in [0.05, 0.1) is 16.5 Å². The van der Waals surface area contributed by atoms with E-state index in [0.29, 0.717) is 42.1 Å². The van der Waals surface area contributed by atoms with Crippen molar-refractivity contribution in [2.75, 3.05) is 18.4 Å². The van der Waals surface area contributed by atoms with E-state index in [-0.39, 0.29) is 28.8 Å². The van der Waals surface area contributed by atoms with Crippen molar-refractivity contribution >= 4 is 28.5 Å². The van der Waals surface area contributed by atoms with E-state index in [1.165, 1.54) is 24.7 Å². The Balaban J connectivity index is 1.39. The number of H-pyrrole nitrogens is 1. The second-order valence-electron chi connectivity index (χ2n) is 8.29. The second-order valence-corrected chi connectivity index (χ2v) is 8.29. The molecule has 4 aromatic rings. The third kappa shape index (κ3) is 4.61. The van der Waals surface area contributed by atoms with Crippen molar-refractivity contribution in [1.29, 1.82) is 0 Å². The summed E-state index contributed by atoms with van der Waals surface area (Å²) in [6, 6.07) is 13.1. The topological polar surface area (TPSA) is 100 Å². The number of fused-ring (bicyclic) bond motifs is 1. The number of amides is 1. The van der Waals surface area contributed by atoms with Crippen LogP contribution in [0.4, 0.5) is 10.2 Å². The highest BCUT2D eigenvalue weighted by atomic mass is 19.1. The molecule has 1 amide bonds. The van der Waals surface area contributed by atoms with Gasteiger partial charge in [0.1, 0.15) is 35.1 Å². The van der Waals surface area contributed by atoms with Gasteiger partial charge in [-0.15, -0.1) is 0 Å². The van der Waals surface area contributed by atoms with Gasteiger partial charge < -0.3 is 19.9 Å². The van der Waals surface area contributed by atoms with E-state index in [2.05, 4.69) is 32.1 Å². The van der Waals surface area contributed by atoms with Crippen LogP contribution in [0.15, 0.2) is 61.1 Å². The Morgan fingerprint density at radius 2 is 1.97 bits per heavy atom. The zero-order valence-electron chi connectivity index (χ0n) is 19.4. The summed E-state index contributed by atoms with van der Waals surface area (Å²) in [6.07, 6.45) is 3.59. The SMILES string of the molecule is CC#CC(=O)N1CCC(Nc2ncnc3[nH]cc(C(=O)c4ccc(Oc5ccccc5)cc4F)c23)C1. The van der Waals surface area contributed by atoms with Gasteiger partial charge in [-0.05, 0) is 43.5 Å². The number of benzene rings is 2. The molecule has 0 saturated carbocycles. The minimum absolute atomic E-state index is 0.0743. The highest BCUT2D eigenvalue weighted by molar-refractivity contribution is 6.18. The normalized spacial score (nSPS) is 14.8. The number of para-hydroxylation sites is 1. The van der Waals surface area contributed by atoms with Crippen LogP contribution in [0.25, 0.3) is 11.0 Å². The molecule has 2 N–H and O–H groups in total. The molecule has 1 fully saturated rings. The fourth-order valence-corrected chi connectivity index (χ4v) is 4.21. The smallest absolute Gasteiger partial charge is 0.298 e. The Labute approximate surface area is 206 Å². The van der Waals surface area contributed by atoms with Gasteiger partial charge in [-0.3, -0.25) is 9.59 Å². The Bertz CT molecular complexity index is 1510. The van der Waals surface area contributed by atoms with Gasteiger partial charge in [0.25, 0.3) is 5.91 Å². The summed E-state index contributed by atoms with van der Waals surface area (Å²) in [5.74, 6) is 5.04. The van der Waals surface area contributed by atoms with Gasteiger partial charge in [-0.2, -0.15) is 0 Å². The number of nitrogens with one attached hydrogen (secondary N) is 2. The highest BCUT2D eigenvalue weighted by Gasteiger charge is 2.27. The van der Waals surface area contributed by atoms with Crippen molar-refractivity contribution in [1.82, 2.24) is 19.9 Å². The maximum atomic E-state index is 15.0. The summed E-state index contributed by atoms with van der Waals surface area (Å²) in [7, 11) is 0. The lowest BCUT2D eigenvalue weighted by Crippen LogP contribution is -2.30. The first-order valence-corrected chi connectivity index (χ1v) is 11.4. The molecule has 2 aromatic heterocycles. The zero-order chi connectivity index (χ0) is 25.1. The van der Waals surface area contributed by atoms with Crippen LogP contribution in [0, 0.1) is 17.7 Å². The molecule has 1 saturated heterocycles. The first kappa shape index (κ1) is 23.1. The molecule has 3 heterocycles. The Morgan fingerprint density at radius 3 is 2.75 bits per heavy atom. The molecule has 0 bridgehead atoms. The summed E-state index contributed by atoms with van der Waals surface area (Å²) in [6.45, 7) is 2.66. The van der Waals surface area contributed by atoms with Crippen LogP contribution in [-0.2, 0) is 4.79 Å². The maximum Gasteiger partial charge on any atom is 0.298 e. The predicted octanol–water partition coefficient (Wildman–Crippen LogP) is 4.16. The van der Waals surface area contributed by atoms with E-state index >= 15 is 0 Å². The molecular weight excluding hydrogens is 461 g/mol. The molecule has 2 aromatic carbocycles. The molecule has 1 aliphatic heterocycles. The first-order valence-electron chi connectivity index (χ1n) is 11.4. The van der Waals surface area contributed by atoms with Gasteiger partial charge in [0.15, 0.2) is 5.78 Å². The number of ether oxygens (including phenoxy) is 1. The lowest BCUT2D eigenvalue weighted by atomic mass is 10.0. The van der Waals surface area contributed by atoms with E-state index in [1.54, 1.807) is 30.0 Å². The fourth-order valence-electron chi connectivity index (χ4n) is 4.21. The maximum absolute atomic E-state index is 15.0. The molecule has 180 valence electrons. The van der Waals surface area contributed by atoms with Crippen LogP contribution in [0.1, 0.15) is 29.3 Å². The molecule has 1 unspecified atom stereocenters. The Kier molecular flexibility index (Phi) is 6.33. The third-order valence-corrected chi connectivity index (χ3v) is 5.93. The van der Waals surface area contributed by atoms with E-state index in [1.807, 2.05) is 18.2 Å². The van der Waals surface area contributed by atoms with Gasteiger partial charge in [-0.25, -0.2) is 14.4 Å². The average Bonchev–Trinajstić information content (AvgIpc) is 3.53. The van der Waals surface area contributed by atoms with Crippen LogP contribution < -0.4 is 10.1 Å². The number of halogens is 1. The summed E-state index contributed by atoms with van der Waals surface area (Å²) in [5.41, 5.74) is 0.594. The van der Waals surface area contributed by atoms with Crippen LogP contribution >= 0.6 is 0 Å². The molecule has 0 radical (unpaired) electrons. The van der Waals surface area contributed by atoms with Crippen LogP contribution in [-0.4, -0.2) is 50.7 Å². The summed E-state index contributed by atoms with van der Waals surface area (Å²) < 4.78 is 20.7. The molecule has 0 spiro atoms. The number of likely N-dealkylation sites (tertiary alicyclic amines) is 1. The van der Waals surface area contributed by atoms with Crippen molar-refractivity contribution in [3.8, 4) is 23.3 Å². The van der Waals surface area contributed by atoms with E-state index in [4.69, 9.17) is 4.74 Å². The molecule has 1 atom stereocenters. The van der Waals surface area contributed by atoms with E-state index < -0.39 is 11.6 Å². The number of carbonyl (C=O) groups excluding carboxylic acids is 2. The summed E-state index contributed by atoms with van der Waals surface area (Å²) >= 11 is 0. The molecule has 36 heavy (non-hydrogen) atoms. The van der Waals surface area contributed by atoms with Gasteiger partial charge in [0, 0.05) is 31.4 Å². The van der Waals surface area contributed by atoms with E-state index in [9.17, 15) is 14.0 Å². The molecular formula is C27H22FN5O3. The van der Waals surface area contributed by atoms with Crippen LogP contribution in [0.5, 0.6) is 11.5 Å². The van der Waals surface area contributed by atoms with Crippen LogP contribution in [0.3, 0.4) is 0 Å².